The second-order valence-electron chi connectivity index (χ2n) is 5.18. The van der Waals surface area contributed by atoms with Crippen LogP contribution in [0.25, 0.3) is 10.9 Å². The second kappa shape index (κ2) is 6.26. The Kier molecular flexibility index (Phi) is 4.30. The number of hydrogen-bond donors (Lipinski definition) is 1. The van der Waals surface area contributed by atoms with Gasteiger partial charge in [0.15, 0.2) is 0 Å². The molecule has 1 N–H and O–H groups in total. The van der Waals surface area contributed by atoms with Crippen LogP contribution in [0.5, 0.6) is 0 Å². The fourth-order valence-corrected chi connectivity index (χ4v) is 2.76. The molecule has 0 fully saturated rings. The lowest BCUT2D eigenvalue weighted by atomic mass is 10.1. The summed E-state index contributed by atoms with van der Waals surface area (Å²) in [6.45, 7) is 1.39. The number of anilines is 1. The van der Waals surface area contributed by atoms with Gasteiger partial charge in [0, 0.05) is 29.2 Å². The molecule has 0 aliphatic rings. The summed E-state index contributed by atoms with van der Waals surface area (Å²) < 4.78 is 14.6. The van der Waals surface area contributed by atoms with Gasteiger partial charge in [0.25, 0.3) is 5.91 Å². The van der Waals surface area contributed by atoms with Crippen molar-refractivity contribution >= 4 is 51.6 Å². The van der Waals surface area contributed by atoms with E-state index < -0.39 is 11.7 Å². The van der Waals surface area contributed by atoms with Gasteiger partial charge >= 0.3 is 0 Å². The second-order valence-corrected chi connectivity index (χ2v) is 6.02. The lowest BCUT2D eigenvalue weighted by Gasteiger charge is -2.05. The van der Waals surface area contributed by atoms with Crippen molar-refractivity contribution in [1.82, 2.24) is 4.57 Å². The summed E-state index contributed by atoms with van der Waals surface area (Å²) in [5.41, 5.74) is 1.19. The summed E-state index contributed by atoms with van der Waals surface area (Å²) in [5.74, 6) is -1.26. The predicted octanol–water partition coefficient (Wildman–Crippen LogP) is 5.00. The third kappa shape index (κ3) is 3.00. The Bertz CT molecular complexity index is 982. The van der Waals surface area contributed by atoms with Crippen LogP contribution in [-0.4, -0.2) is 16.4 Å². The summed E-state index contributed by atoms with van der Waals surface area (Å²) in [6, 6.07) is 8.81. The minimum absolute atomic E-state index is 0.0919. The molecule has 0 unspecified atom stereocenters. The molecule has 3 aromatic rings. The molecule has 0 spiro atoms. The van der Waals surface area contributed by atoms with Crippen LogP contribution in [0.2, 0.25) is 10.0 Å². The van der Waals surface area contributed by atoms with Crippen LogP contribution in [0.3, 0.4) is 0 Å². The van der Waals surface area contributed by atoms with Crippen LogP contribution in [0, 0.1) is 5.82 Å². The number of benzene rings is 2. The number of fused-ring (bicyclic) bond motifs is 1. The number of halogens is 3. The van der Waals surface area contributed by atoms with E-state index in [2.05, 4.69) is 5.32 Å². The van der Waals surface area contributed by atoms with Gasteiger partial charge in [-0.2, -0.15) is 0 Å². The lowest BCUT2D eigenvalue weighted by molar-refractivity contribution is 0.0941. The van der Waals surface area contributed by atoms with Crippen molar-refractivity contribution in [3.63, 3.8) is 0 Å². The molecule has 0 atom stereocenters. The first kappa shape index (κ1) is 16.5. The molecule has 0 radical (unpaired) electrons. The summed E-state index contributed by atoms with van der Waals surface area (Å²) in [4.78, 5) is 24.3. The molecule has 2 aromatic carbocycles. The van der Waals surface area contributed by atoms with E-state index in [-0.39, 0.29) is 10.9 Å². The summed E-state index contributed by atoms with van der Waals surface area (Å²) in [7, 11) is 0. The minimum atomic E-state index is -0.572. The Morgan fingerprint density at radius 2 is 1.88 bits per heavy atom. The zero-order valence-electron chi connectivity index (χ0n) is 12.4. The number of aromatic nitrogens is 1. The van der Waals surface area contributed by atoms with Crippen LogP contribution in [0.1, 0.15) is 22.1 Å². The number of amides is 1. The summed E-state index contributed by atoms with van der Waals surface area (Å²) in [6.07, 6.45) is 1.45. The first-order valence-corrected chi connectivity index (χ1v) is 7.70. The molecule has 0 bridgehead atoms. The van der Waals surface area contributed by atoms with Gasteiger partial charge in [0.2, 0.25) is 5.91 Å². The monoisotopic (exact) mass is 364 g/mol. The normalized spacial score (nSPS) is 10.8. The molecule has 0 aliphatic carbocycles. The third-order valence-corrected chi connectivity index (χ3v) is 4.05. The quantitative estimate of drug-likeness (QED) is 0.695. The molecule has 0 aliphatic heterocycles. The first-order valence-electron chi connectivity index (χ1n) is 6.95. The van der Waals surface area contributed by atoms with Crippen molar-refractivity contribution in [1.29, 1.82) is 0 Å². The maximum absolute atomic E-state index is 13.2. The number of carbonyl (C=O) groups is 2. The Hall–Kier alpha value is -2.37. The van der Waals surface area contributed by atoms with Crippen LogP contribution in [-0.2, 0) is 0 Å². The zero-order valence-corrected chi connectivity index (χ0v) is 14.0. The highest BCUT2D eigenvalue weighted by molar-refractivity contribution is 6.32. The van der Waals surface area contributed by atoms with Gasteiger partial charge in [-0.3, -0.25) is 14.2 Å². The maximum atomic E-state index is 13.2. The topological polar surface area (TPSA) is 51.1 Å². The van der Waals surface area contributed by atoms with Crippen molar-refractivity contribution in [3.8, 4) is 0 Å². The van der Waals surface area contributed by atoms with Crippen molar-refractivity contribution in [3.05, 3.63) is 64.0 Å². The Morgan fingerprint density at radius 3 is 2.54 bits per heavy atom. The number of carbonyl (C=O) groups excluding carboxylic acids is 2. The highest BCUT2D eigenvalue weighted by Gasteiger charge is 2.17. The Morgan fingerprint density at radius 1 is 1.12 bits per heavy atom. The van der Waals surface area contributed by atoms with E-state index >= 15 is 0 Å². The van der Waals surface area contributed by atoms with E-state index in [1.54, 1.807) is 18.2 Å². The zero-order chi connectivity index (χ0) is 17.4. The molecule has 1 aromatic heterocycles. The minimum Gasteiger partial charge on any atom is -0.322 e. The average molecular weight is 365 g/mol. The van der Waals surface area contributed by atoms with E-state index in [4.69, 9.17) is 23.2 Å². The smallest absolute Gasteiger partial charge is 0.257 e. The van der Waals surface area contributed by atoms with E-state index in [1.807, 2.05) is 0 Å². The van der Waals surface area contributed by atoms with E-state index in [0.29, 0.717) is 27.2 Å². The van der Waals surface area contributed by atoms with Gasteiger partial charge in [-0.1, -0.05) is 29.3 Å². The molecular weight excluding hydrogens is 354 g/mol. The van der Waals surface area contributed by atoms with Gasteiger partial charge < -0.3 is 5.32 Å². The lowest BCUT2D eigenvalue weighted by Crippen LogP contribution is -2.12. The van der Waals surface area contributed by atoms with Crippen LogP contribution >= 0.6 is 23.2 Å². The van der Waals surface area contributed by atoms with Gasteiger partial charge in [0.1, 0.15) is 5.82 Å². The fourth-order valence-electron chi connectivity index (χ4n) is 2.41. The van der Waals surface area contributed by atoms with Gasteiger partial charge in [0.05, 0.1) is 16.1 Å². The average Bonchev–Trinajstić information content (AvgIpc) is 2.90. The SMILES string of the molecule is CC(=O)n1cc(C(=O)Nc2ccc(F)c(Cl)c2)c2ccc(Cl)cc21. The summed E-state index contributed by atoms with van der Waals surface area (Å²) in [5, 5.41) is 3.59. The molecule has 4 nitrogen and oxygen atoms in total. The van der Waals surface area contributed by atoms with Gasteiger partial charge in [-0.05, 0) is 30.3 Å². The van der Waals surface area contributed by atoms with Gasteiger partial charge in [-0.15, -0.1) is 0 Å². The largest absolute Gasteiger partial charge is 0.322 e. The van der Waals surface area contributed by atoms with E-state index in [0.717, 1.165) is 6.07 Å². The van der Waals surface area contributed by atoms with Crippen LogP contribution in [0.15, 0.2) is 42.6 Å². The number of nitrogens with one attached hydrogen (secondary N) is 1. The molecule has 0 saturated carbocycles. The molecule has 24 heavy (non-hydrogen) atoms. The van der Waals surface area contributed by atoms with Crippen molar-refractivity contribution in [2.45, 2.75) is 6.92 Å². The van der Waals surface area contributed by atoms with Crippen LogP contribution in [0.4, 0.5) is 10.1 Å². The van der Waals surface area contributed by atoms with E-state index in [1.165, 1.54) is 29.8 Å². The first-order chi connectivity index (χ1) is 11.4. The molecule has 3 rings (SSSR count). The standard InChI is InChI=1S/C17H11Cl2FN2O2/c1-9(23)22-8-13(12-4-2-10(18)6-16(12)22)17(24)21-11-3-5-15(20)14(19)7-11/h2-8H,1H3,(H,21,24). The number of nitrogens with zero attached hydrogens (tertiary/aromatic N) is 1. The van der Waals surface area contributed by atoms with Gasteiger partial charge in [-0.25, -0.2) is 4.39 Å². The van der Waals surface area contributed by atoms with Crippen molar-refractivity contribution < 1.29 is 14.0 Å². The predicted molar refractivity (Wildman–Crippen MR) is 92.6 cm³/mol. The molecular formula is C17H11Cl2FN2O2. The molecule has 122 valence electrons. The maximum Gasteiger partial charge on any atom is 0.257 e. The van der Waals surface area contributed by atoms with Crippen molar-refractivity contribution in [2.24, 2.45) is 0 Å². The number of rotatable bonds is 2. The Labute approximate surface area is 146 Å². The fraction of sp³-hybridized carbons (Fsp3) is 0.0588. The Balaban J connectivity index is 2.03. The number of hydrogen-bond acceptors (Lipinski definition) is 2. The van der Waals surface area contributed by atoms with E-state index in [9.17, 15) is 14.0 Å². The third-order valence-electron chi connectivity index (χ3n) is 3.53. The summed E-state index contributed by atoms with van der Waals surface area (Å²) >= 11 is 11.7. The van der Waals surface area contributed by atoms with Crippen LogP contribution < -0.4 is 5.32 Å². The highest BCUT2D eigenvalue weighted by atomic mass is 35.5. The highest BCUT2D eigenvalue weighted by Crippen LogP contribution is 2.26. The molecule has 7 heteroatoms. The molecule has 0 saturated heterocycles. The van der Waals surface area contributed by atoms with Crippen molar-refractivity contribution in [2.75, 3.05) is 5.32 Å². The molecule has 1 amide bonds. The molecule has 1 heterocycles.